The van der Waals surface area contributed by atoms with Crippen molar-refractivity contribution in [3.8, 4) is 0 Å². The minimum absolute atomic E-state index is 0.168. The van der Waals surface area contributed by atoms with Crippen LogP contribution < -0.4 is 10.6 Å². The second-order valence-corrected chi connectivity index (χ2v) is 7.03. The number of carbonyl (C=O) groups is 2. The zero-order chi connectivity index (χ0) is 18.6. The molecule has 0 unspecified atom stereocenters. The smallest absolute Gasteiger partial charge is 0.270 e. The first-order valence-electron chi connectivity index (χ1n) is 7.66. The van der Waals surface area contributed by atoms with Crippen LogP contribution in [0.25, 0.3) is 0 Å². The lowest BCUT2D eigenvalue weighted by Gasteiger charge is -2.20. The number of amides is 2. The Morgan fingerprint density at radius 2 is 1.92 bits per heavy atom. The van der Waals surface area contributed by atoms with E-state index >= 15 is 0 Å². The minimum atomic E-state index is -0.500. The van der Waals surface area contributed by atoms with Gasteiger partial charge in [0, 0.05) is 22.4 Å². The molecule has 7 heteroatoms. The number of rotatable bonds is 4. The van der Waals surface area contributed by atoms with E-state index in [1.807, 2.05) is 20.8 Å². The van der Waals surface area contributed by atoms with E-state index in [0.29, 0.717) is 10.7 Å². The number of aromatic nitrogens is 1. The molecule has 1 aromatic heterocycles. The van der Waals surface area contributed by atoms with Crippen LogP contribution in [0.1, 0.15) is 36.8 Å². The zero-order valence-electron chi connectivity index (χ0n) is 14.2. The van der Waals surface area contributed by atoms with Crippen molar-refractivity contribution in [2.45, 2.75) is 32.7 Å². The molecule has 0 saturated heterocycles. The van der Waals surface area contributed by atoms with Gasteiger partial charge in [-0.05, 0) is 56.7 Å². The molecule has 2 amide bonds. The highest BCUT2D eigenvalue weighted by Crippen LogP contribution is 2.16. The lowest BCUT2D eigenvalue weighted by atomic mass is 10.1. The SMILES string of the molecule is CC(C)(C)NC(=O)c1cc(NC(=O)Cc2cc(Cl)ccc2F)ccn1. The molecule has 0 aliphatic heterocycles. The molecule has 2 aromatic rings. The van der Waals surface area contributed by atoms with E-state index in [-0.39, 0.29) is 23.6 Å². The third-order valence-electron chi connectivity index (χ3n) is 3.12. The van der Waals surface area contributed by atoms with Gasteiger partial charge in [-0.3, -0.25) is 14.6 Å². The lowest BCUT2D eigenvalue weighted by molar-refractivity contribution is -0.115. The van der Waals surface area contributed by atoms with Crippen LogP contribution in [0.4, 0.5) is 10.1 Å². The van der Waals surface area contributed by atoms with Crippen molar-refractivity contribution in [3.05, 3.63) is 58.6 Å². The summed E-state index contributed by atoms with van der Waals surface area (Å²) in [7, 11) is 0. The Bertz CT molecular complexity index is 803. The second kappa shape index (κ2) is 7.61. The van der Waals surface area contributed by atoms with Crippen LogP contribution >= 0.6 is 11.6 Å². The number of anilines is 1. The maximum atomic E-state index is 13.7. The molecule has 1 heterocycles. The number of pyridine rings is 1. The number of carbonyl (C=O) groups excluding carboxylic acids is 2. The standard InChI is InChI=1S/C18H19ClFN3O2/c1-18(2,3)23-17(25)15-10-13(6-7-21-15)22-16(24)9-11-8-12(19)4-5-14(11)20/h4-8,10H,9H2,1-3H3,(H,23,25)(H,21,22,24). The molecule has 0 saturated carbocycles. The quantitative estimate of drug-likeness (QED) is 0.872. The van der Waals surface area contributed by atoms with Gasteiger partial charge >= 0.3 is 0 Å². The Balaban J connectivity index is 2.07. The maximum Gasteiger partial charge on any atom is 0.270 e. The molecule has 0 aliphatic rings. The Kier molecular flexibility index (Phi) is 5.74. The van der Waals surface area contributed by atoms with Crippen molar-refractivity contribution in [3.63, 3.8) is 0 Å². The monoisotopic (exact) mass is 363 g/mol. The molecule has 0 spiro atoms. The van der Waals surface area contributed by atoms with Crippen molar-refractivity contribution >= 4 is 29.1 Å². The van der Waals surface area contributed by atoms with Crippen LogP contribution in [-0.2, 0) is 11.2 Å². The van der Waals surface area contributed by atoms with E-state index in [9.17, 15) is 14.0 Å². The fraction of sp³-hybridized carbons (Fsp3) is 0.278. The van der Waals surface area contributed by atoms with Crippen LogP contribution in [0.5, 0.6) is 0 Å². The van der Waals surface area contributed by atoms with Gasteiger partial charge in [-0.2, -0.15) is 0 Å². The minimum Gasteiger partial charge on any atom is -0.346 e. The van der Waals surface area contributed by atoms with Gasteiger partial charge < -0.3 is 10.6 Å². The van der Waals surface area contributed by atoms with Crippen LogP contribution in [0.2, 0.25) is 5.02 Å². The van der Waals surface area contributed by atoms with Crippen LogP contribution in [-0.4, -0.2) is 22.3 Å². The number of nitrogens with one attached hydrogen (secondary N) is 2. The first-order chi connectivity index (χ1) is 11.6. The fourth-order valence-corrected chi connectivity index (χ4v) is 2.29. The predicted molar refractivity (Wildman–Crippen MR) is 95.2 cm³/mol. The highest BCUT2D eigenvalue weighted by atomic mass is 35.5. The Morgan fingerprint density at radius 3 is 2.60 bits per heavy atom. The number of halogens is 2. The van der Waals surface area contributed by atoms with Gasteiger partial charge in [0.15, 0.2) is 0 Å². The molecule has 25 heavy (non-hydrogen) atoms. The highest BCUT2D eigenvalue weighted by molar-refractivity contribution is 6.30. The summed E-state index contributed by atoms with van der Waals surface area (Å²) in [5, 5.41) is 5.77. The topological polar surface area (TPSA) is 71.1 Å². The van der Waals surface area contributed by atoms with Crippen molar-refractivity contribution in [2.75, 3.05) is 5.32 Å². The summed E-state index contributed by atoms with van der Waals surface area (Å²) in [5.41, 5.74) is 0.384. The number of hydrogen-bond acceptors (Lipinski definition) is 3. The third kappa shape index (κ3) is 5.83. The van der Waals surface area contributed by atoms with E-state index in [1.54, 1.807) is 6.07 Å². The number of hydrogen-bond donors (Lipinski definition) is 2. The summed E-state index contributed by atoms with van der Waals surface area (Å²) >= 11 is 5.82. The average molecular weight is 364 g/mol. The van der Waals surface area contributed by atoms with E-state index in [4.69, 9.17) is 11.6 Å². The predicted octanol–water partition coefficient (Wildman–Crippen LogP) is 3.58. The van der Waals surface area contributed by atoms with Gasteiger partial charge in [-0.25, -0.2) is 4.39 Å². The molecule has 2 rings (SSSR count). The third-order valence-corrected chi connectivity index (χ3v) is 3.36. The van der Waals surface area contributed by atoms with Gasteiger partial charge in [0.1, 0.15) is 11.5 Å². The molecule has 132 valence electrons. The van der Waals surface area contributed by atoms with E-state index < -0.39 is 17.3 Å². The molecule has 0 atom stereocenters. The van der Waals surface area contributed by atoms with Gasteiger partial charge in [0.25, 0.3) is 5.91 Å². The first-order valence-corrected chi connectivity index (χ1v) is 8.04. The van der Waals surface area contributed by atoms with E-state index in [2.05, 4.69) is 15.6 Å². The Hall–Kier alpha value is -2.47. The van der Waals surface area contributed by atoms with E-state index in [0.717, 1.165) is 0 Å². The van der Waals surface area contributed by atoms with Gasteiger partial charge in [0.2, 0.25) is 5.91 Å². The molecular weight excluding hydrogens is 345 g/mol. The van der Waals surface area contributed by atoms with Gasteiger partial charge in [-0.1, -0.05) is 11.6 Å². The first kappa shape index (κ1) is 18.9. The lowest BCUT2D eigenvalue weighted by Crippen LogP contribution is -2.40. The summed E-state index contributed by atoms with van der Waals surface area (Å²) in [6.07, 6.45) is 1.26. The number of nitrogens with zero attached hydrogens (tertiary/aromatic N) is 1. The van der Waals surface area contributed by atoms with Gasteiger partial charge in [0.05, 0.1) is 6.42 Å². The second-order valence-electron chi connectivity index (χ2n) is 6.59. The normalized spacial score (nSPS) is 11.1. The van der Waals surface area contributed by atoms with E-state index in [1.165, 1.54) is 30.5 Å². The van der Waals surface area contributed by atoms with Crippen LogP contribution in [0.15, 0.2) is 36.5 Å². The molecular formula is C18H19ClFN3O2. The summed E-state index contributed by atoms with van der Waals surface area (Å²) in [6.45, 7) is 5.57. The fourth-order valence-electron chi connectivity index (χ4n) is 2.09. The molecule has 0 bridgehead atoms. The van der Waals surface area contributed by atoms with Crippen molar-refractivity contribution in [1.82, 2.24) is 10.3 Å². The van der Waals surface area contributed by atoms with Gasteiger partial charge in [-0.15, -0.1) is 0 Å². The number of benzene rings is 1. The largest absolute Gasteiger partial charge is 0.346 e. The van der Waals surface area contributed by atoms with Crippen molar-refractivity contribution in [1.29, 1.82) is 0 Å². The molecule has 0 fully saturated rings. The van der Waals surface area contributed by atoms with Crippen LogP contribution in [0, 0.1) is 5.82 Å². The summed E-state index contributed by atoms with van der Waals surface area (Å²) in [6, 6.07) is 7.06. The van der Waals surface area contributed by atoms with Crippen LogP contribution in [0.3, 0.4) is 0 Å². The molecule has 2 N–H and O–H groups in total. The Morgan fingerprint density at radius 1 is 1.20 bits per heavy atom. The summed E-state index contributed by atoms with van der Waals surface area (Å²) in [5.74, 6) is -1.27. The average Bonchev–Trinajstić information content (AvgIpc) is 2.49. The zero-order valence-corrected chi connectivity index (χ0v) is 14.9. The molecule has 0 aliphatic carbocycles. The molecule has 0 radical (unpaired) electrons. The highest BCUT2D eigenvalue weighted by Gasteiger charge is 2.17. The molecule has 1 aromatic carbocycles. The maximum absolute atomic E-state index is 13.7. The molecule has 5 nitrogen and oxygen atoms in total. The summed E-state index contributed by atoms with van der Waals surface area (Å²) in [4.78, 5) is 28.2. The van der Waals surface area contributed by atoms with Crippen molar-refractivity contribution in [2.24, 2.45) is 0 Å². The summed E-state index contributed by atoms with van der Waals surface area (Å²) < 4.78 is 13.7. The van der Waals surface area contributed by atoms with Crippen molar-refractivity contribution < 1.29 is 14.0 Å². The Labute approximate surface area is 150 Å².